The summed E-state index contributed by atoms with van der Waals surface area (Å²) in [5, 5.41) is 12.2. The van der Waals surface area contributed by atoms with Crippen molar-refractivity contribution in [3.8, 4) is 0 Å². The zero-order valence-electron chi connectivity index (χ0n) is 18.5. The minimum Gasteiger partial charge on any atom is -0.383 e. The molecular weight excluding hydrogens is 430 g/mol. The lowest BCUT2D eigenvalue weighted by molar-refractivity contribution is -0.114. The van der Waals surface area contributed by atoms with Crippen LogP contribution >= 0.6 is 0 Å². The number of rotatable bonds is 9. The molecule has 0 saturated heterocycles. The number of nitrogens with one attached hydrogen (secondary N) is 2. The van der Waals surface area contributed by atoms with Crippen LogP contribution in [0.25, 0.3) is 0 Å². The summed E-state index contributed by atoms with van der Waals surface area (Å²) in [5.74, 6) is -0.188. The van der Waals surface area contributed by atoms with Crippen molar-refractivity contribution in [2.75, 3.05) is 22.5 Å². The number of para-hydroxylation sites is 1. The van der Waals surface area contributed by atoms with Gasteiger partial charge in [0.2, 0.25) is 11.8 Å². The van der Waals surface area contributed by atoms with Gasteiger partial charge in [-0.3, -0.25) is 15.0 Å². The van der Waals surface area contributed by atoms with E-state index in [1.165, 1.54) is 12.4 Å². The maximum atomic E-state index is 12.6. The van der Waals surface area contributed by atoms with Crippen LogP contribution in [0.15, 0.2) is 73.6 Å². The average molecular weight is 456 g/mol. The van der Waals surface area contributed by atoms with E-state index in [0.29, 0.717) is 29.1 Å². The number of hydrogen-bond acceptors (Lipinski definition) is 7. The summed E-state index contributed by atoms with van der Waals surface area (Å²) in [6.45, 7) is 4.03. The normalized spacial score (nSPS) is 13.5. The van der Waals surface area contributed by atoms with Crippen molar-refractivity contribution < 1.29 is 9.59 Å². The number of nitrogens with two attached hydrogens (primary N) is 2. The molecule has 6 N–H and O–H groups in total. The SMILES string of the molecule is C=CC(=O)N(CC1(Nc2ncnc(N)c2C(=N)c2ccc(C(N)=O)cc2)CC1)c1ccccc1. The van der Waals surface area contributed by atoms with Crippen LogP contribution in [0, 0.1) is 5.41 Å². The first-order valence-electron chi connectivity index (χ1n) is 10.7. The summed E-state index contributed by atoms with van der Waals surface area (Å²) >= 11 is 0. The zero-order chi connectivity index (χ0) is 24.3. The van der Waals surface area contributed by atoms with Gasteiger partial charge in [-0.25, -0.2) is 9.97 Å². The Labute approximate surface area is 197 Å². The molecular formula is C25H25N7O2. The molecule has 3 aromatic rings. The lowest BCUT2D eigenvalue weighted by Gasteiger charge is -2.28. The van der Waals surface area contributed by atoms with E-state index in [1.807, 2.05) is 30.3 Å². The number of carbonyl (C=O) groups excluding carboxylic acids is 2. The highest BCUT2D eigenvalue weighted by molar-refractivity contribution is 6.16. The fourth-order valence-corrected chi connectivity index (χ4v) is 3.73. The van der Waals surface area contributed by atoms with E-state index in [1.54, 1.807) is 29.2 Å². The van der Waals surface area contributed by atoms with Gasteiger partial charge < -0.3 is 21.7 Å². The van der Waals surface area contributed by atoms with Crippen molar-refractivity contribution in [2.45, 2.75) is 18.4 Å². The molecule has 172 valence electrons. The summed E-state index contributed by atoms with van der Waals surface area (Å²) < 4.78 is 0. The monoisotopic (exact) mass is 455 g/mol. The molecule has 1 fully saturated rings. The lowest BCUT2D eigenvalue weighted by atomic mass is 10.0. The average Bonchev–Trinajstić information content (AvgIpc) is 3.61. The summed E-state index contributed by atoms with van der Waals surface area (Å²) in [4.78, 5) is 34.1. The van der Waals surface area contributed by atoms with E-state index in [9.17, 15) is 9.59 Å². The van der Waals surface area contributed by atoms with Crippen molar-refractivity contribution in [3.63, 3.8) is 0 Å². The number of anilines is 3. The highest BCUT2D eigenvalue weighted by Crippen LogP contribution is 2.41. The Hall–Kier alpha value is -4.53. The van der Waals surface area contributed by atoms with Crippen LogP contribution < -0.4 is 21.7 Å². The Morgan fingerprint density at radius 1 is 1.09 bits per heavy atom. The lowest BCUT2D eigenvalue weighted by Crippen LogP contribution is -2.42. The molecule has 0 radical (unpaired) electrons. The van der Waals surface area contributed by atoms with Crippen LogP contribution in [-0.4, -0.2) is 39.6 Å². The Balaban J connectivity index is 1.62. The molecule has 0 spiro atoms. The molecule has 34 heavy (non-hydrogen) atoms. The predicted molar refractivity (Wildman–Crippen MR) is 132 cm³/mol. The third-order valence-corrected chi connectivity index (χ3v) is 5.79. The molecule has 0 atom stereocenters. The minimum absolute atomic E-state index is 0.106. The predicted octanol–water partition coefficient (Wildman–Crippen LogP) is 2.74. The van der Waals surface area contributed by atoms with Crippen LogP contribution in [0.1, 0.15) is 34.3 Å². The molecule has 4 rings (SSSR count). The fourth-order valence-electron chi connectivity index (χ4n) is 3.73. The van der Waals surface area contributed by atoms with Gasteiger partial charge in [0.1, 0.15) is 18.0 Å². The van der Waals surface area contributed by atoms with Crippen LogP contribution in [0.4, 0.5) is 17.3 Å². The molecule has 0 bridgehead atoms. The standard InChI is InChI=1S/C25H25N7O2/c1-2-19(33)32(18-6-4-3-5-7-18)14-25(12-13-25)31-24-20(22(27)29-15-30-24)21(26)16-8-10-17(11-9-16)23(28)34/h2-11,15,26H,1,12-14H2,(H2,28,34)(H3,27,29,30,31). The van der Waals surface area contributed by atoms with Gasteiger partial charge in [0.25, 0.3) is 0 Å². The molecule has 0 aliphatic heterocycles. The molecule has 1 aliphatic carbocycles. The molecule has 1 aromatic heterocycles. The Morgan fingerprint density at radius 2 is 1.74 bits per heavy atom. The maximum absolute atomic E-state index is 12.6. The number of nitrogens with zero attached hydrogens (tertiary/aromatic N) is 3. The van der Waals surface area contributed by atoms with Gasteiger partial charge in [-0.1, -0.05) is 36.9 Å². The van der Waals surface area contributed by atoms with E-state index in [2.05, 4.69) is 21.9 Å². The number of primary amides is 1. The largest absolute Gasteiger partial charge is 0.383 e. The van der Waals surface area contributed by atoms with Crippen molar-refractivity contribution in [1.29, 1.82) is 5.41 Å². The van der Waals surface area contributed by atoms with Crippen molar-refractivity contribution >= 4 is 34.8 Å². The van der Waals surface area contributed by atoms with Crippen LogP contribution in [0.2, 0.25) is 0 Å². The second-order valence-corrected chi connectivity index (χ2v) is 8.17. The van der Waals surface area contributed by atoms with E-state index in [-0.39, 0.29) is 17.4 Å². The minimum atomic E-state index is -0.546. The summed E-state index contributed by atoms with van der Waals surface area (Å²) in [6.07, 6.45) is 4.25. The first-order chi connectivity index (χ1) is 16.3. The highest BCUT2D eigenvalue weighted by atomic mass is 16.2. The Kier molecular flexibility index (Phi) is 6.09. The number of amides is 2. The Bertz CT molecular complexity index is 1250. The number of nitrogen functional groups attached to an aromatic ring is 1. The van der Waals surface area contributed by atoms with Crippen LogP contribution in [0.3, 0.4) is 0 Å². The third kappa shape index (κ3) is 4.63. The second-order valence-electron chi connectivity index (χ2n) is 8.17. The topological polar surface area (TPSA) is 151 Å². The van der Waals surface area contributed by atoms with Gasteiger partial charge in [0, 0.05) is 23.4 Å². The van der Waals surface area contributed by atoms with Gasteiger partial charge in [-0.05, 0) is 43.2 Å². The Morgan fingerprint density at radius 3 is 2.32 bits per heavy atom. The first kappa shape index (κ1) is 22.7. The number of aromatic nitrogens is 2. The maximum Gasteiger partial charge on any atom is 0.250 e. The second kappa shape index (κ2) is 9.14. The summed E-state index contributed by atoms with van der Waals surface area (Å²) in [7, 11) is 0. The summed E-state index contributed by atoms with van der Waals surface area (Å²) in [5.41, 5.74) is 13.1. The van der Waals surface area contributed by atoms with E-state index < -0.39 is 11.4 Å². The third-order valence-electron chi connectivity index (χ3n) is 5.79. The van der Waals surface area contributed by atoms with Gasteiger partial charge in [0.05, 0.1) is 16.8 Å². The quantitative estimate of drug-likeness (QED) is 0.288. The smallest absolute Gasteiger partial charge is 0.250 e. The molecule has 9 nitrogen and oxygen atoms in total. The molecule has 1 saturated carbocycles. The van der Waals surface area contributed by atoms with Crippen LogP contribution in [0.5, 0.6) is 0 Å². The highest BCUT2D eigenvalue weighted by Gasteiger charge is 2.46. The van der Waals surface area contributed by atoms with Crippen molar-refractivity contribution in [1.82, 2.24) is 9.97 Å². The van der Waals surface area contributed by atoms with E-state index in [4.69, 9.17) is 16.9 Å². The number of carbonyl (C=O) groups is 2. The zero-order valence-corrected chi connectivity index (χ0v) is 18.5. The van der Waals surface area contributed by atoms with E-state index >= 15 is 0 Å². The van der Waals surface area contributed by atoms with Crippen molar-refractivity contribution in [3.05, 3.63) is 90.3 Å². The van der Waals surface area contributed by atoms with E-state index in [0.717, 1.165) is 18.5 Å². The number of hydrogen-bond donors (Lipinski definition) is 4. The fraction of sp³-hybridized carbons (Fsp3) is 0.160. The molecule has 0 unspecified atom stereocenters. The molecule has 1 heterocycles. The van der Waals surface area contributed by atoms with Gasteiger partial charge >= 0.3 is 0 Å². The van der Waals surface area contributed by atoms with Gasteiger partial charge in [-0.15, -0.1) is 0 Å². The molecule has 2 aromatic carbocycles. The van der Waals surface area contributed by atoms with Gasteiger partial charge in [0.15, 0.2) is 0 Å². The summed E-state index contributed by atoms with van der Waals surface area (Å²) in [6, 6.07) is 15.8. The first-order valence-corrected chi connectivity index (χ1v) is 10.7. The molecule has 1 aliphatic rings. The van der Waals surface area contributed by atoms with Crippen molar-refractivity contribution in [2.24, 2.45) is 5.73 Å². The molecule has 9 heteroatoms. The van der Waals surface area contributed by atoms with Crippen LogP contribution in [-0.2, 0) is 4.79 Å². The van der Waals surface area contributed by atoms with Gasteiger partial charge in [-0.2, -0.15) is 0 Å². The molecule has 2 amide bonds. The number of benzene rings is 2.